The quantitative estimate of drug-likeness (QED) is 0.0325. The van der Waals surface area contributed by atoms with Crippen LogP contribution in [0.1, 0.15) is 70.4 Å². The van der Waals surface area contributed by atoms with Crippen LogP contribution < -0.4 is 65.5 Å². The molecular weight excluding hydrogens is 959 g/mol. The summed E-state index contributed by atoms with van der Waals surface area (Å²) < 4.78 is 0. The van der Waals surface area contributed by atoms with Gasteiger partial charge in [0.15, 0.2) is 5.96 Å². The molecule has 25 nitrogen and oxygen atoms in total. The number of nitrogens with one attached hydrogen (secondary N) is 9. The summed E-state index contributed by atoms with van der Waals surface area (Å²) in [5.74, 6) is -8.60. The van der Waals surface area contributed by atoms with Crippen LogP contribution in [-0.2, 0) is 56.0 Å². The SMILES string of the molecule is CC[C@@H]1NC(=O)[C@@H](Cc2ccccc2)NC(=O)[C@H](C/C=C/N)NC(=O)[C@@H](C)NC(=O)[C@@H](NC(=O)[C@H](CCCN=C(N)N)N2C(=O)CNC2=O)CC(C)C[C@@H](C(N)=O)NC(=O)[C@H](Cc2c[nH]c3ccccc23)NC1=O. The molecule has 2 aliphatic rings. The van der Waals surface area contributed by atoms with Crippen molar-refractivity contribution in [2.75, 3.05) is 13.1 Å². The molecule has 74 heavy (non-hydrogen) atoms. The standard InChI is InChI=1S/C49H67N15O10/c1-4-31-42(68)62-37(23-29-24-55-32-15-9-8-14-30(29)32)46(72)60-34(40(51)66)20-26(2)21-35(63-47(73)38(17-11-19-54-48(52)53)64-39(65)25-56-49(64)74)44(70)57-27(3)41(67)59-33(16-10-18-50)43(69)61-36(45(71)58-31)22-28-12-6-5-7-13-28/h5-10,12-15,18,24,26-27,31,33-38,55H,4,11,16-17,19-23,25,50H2,1-3H3,(H2,51,66)(H,56,74)(H,57,70)(H,58,71)(H,59,67)(H,60,72)(H,61,69)(H,62,68)(H,63,73)(H4,52,53,54)/b18-10+/t26?,27-,31+,33+,34+,35+,36-,37+,38+/m1/s1. The first-order valence-corrected chi connectivity index (χ1v) is 24.3. The molecule has 17 N–H and O–H groups in total. The molecule has 3 heterocycles. The van der Waals surface area contributed by atoms with Crippen LogP contribution in [0.2, 0.25) is 0 Å². The van der Waals surface area contributed by atoms with Crippen LogP contribution in [-0.4, -0.2) is 136 Å². The summed E-state index contributed by atoms with van der Waals surface area (Å²) in [5, 5.41) is 21.7. The number of urea groups is 1. The maximum atomic E-state index is 14.4. The van der Waals surface area contributed by atoms with Crippen LogP contribution >= 0.6 is 0 Å². The van der Waals surface area contributed by atoms with Gasteiger partial charge in [-0.2, -0.15) is 0 Å². The first kappa shape index (κ1) is 56.4. The zero-order valence-electron chi connectivity index (χ0n) is 41.5. The van der Waals surface area contributed by atoms with E-state index in [1.165, 1.54) is 13.0 Å². The van der Waals surface area contributed by atoms with E-state index in [1.807, 2.05) is 18.2 Å². The monoisotopic (exact) mass is 1030 g/mol. The number of guanidine groups is 1. The van der Waals surface area contributed by atoms with Gasteiger partial charge < -0.3 is 70.5 Å². The number of fused-ring (bicyclic) bond motifs is 1. The number of hydrogen-bond donors (Lipinski definition) is 13. The number of carbonyl (C=O) groups is 10. The fourth-order valence-electron chi connectivity index (χ4n) is 8.62. The van der Waals surface area contributed by atoms with Crippen molar-refractivity contribution in [3.8, 4) is 0 Å². The van der Waals surface area contributed by atoms with E-state index in [1.54, 1.807) is 56.4 Å². The lowest BCUT2D eigenvalue weighted by atomic mass is 9.92. The zero-order chi connectivity index (χ0) is 54.1. The van der Waals surface area contributed by atoms with Gasteiger partial charge in [-0.3, -0.25) is 53.0 Å². The molecule has 2 saturated heterocycles. The normalized spacial score (nSPS) is 24.4. The molecule has 398 valence electrons. The maximum absolute atomic E-state index is 14.4. The summed E-state index contributed by atoms with van der Waals surface area (Å²) in [5.41, 5.74) is 24.5. The Hall–Kier alpha value is -8.51. The molecule has 25 heteroatoms. The first-order chi connectivity index (χ1) is 35.3. The molecule has 0 aliphatic carbocycles. The number of benzene rings is 2. The number of H-pyrrole nitrogens is 1. The van der Waals surface area contributed by atoms with Gasteiger partial charge in [0.1, 0.15) is 48.3 Å². The number of amides is 11. The lowest BCUT2D eigenvalue weighted by Crippen LogP contribution is -2.61. The molecule has 1 unspecified atom stereocenters. The van der Waals surface area contributed by atoms with Gasteiger partial charge in [0, 0.05) is 36.5 Å². The van der Waals surface area contributed by atoms with Crippen LogP contribution in [0.5, 0.6) is 0 Å². The second-order valence-corrected chi connectivity index (χ2v) is 18.3. The van der Waals surface area contributed by atoms with Gasteiger partial charge in [-0.15, -0.1) is 0 Å². The lowest BCUT2D eigenvalue weighted by Gasteiger charge is -2.30. The minimum atomic E-state index is -1.53. The average molecular weight is 1030 g/mol. The van der Waals surface area contributed by atoms with E-state index in [4.69, 9.17) is 22.9 Å². The molecule has 2 aromatic carbocycles. The molecule has 9 atom stereocenters. The van der Waals surface area contributed by atoms with E-state index in [9.17, 15) is 47.9 Å². The largest absolute Gasteiger partial charge is 0.405 e. The van der Waals surface area contributed by atoms with Gasteiger partial charge in [-0.25, -0.2) is 4.79 Å². The van der Waals surface area contributed by atoms with Crippen molar-refractivity contribution in [2.45, 2.75) is 120 Å². The van der Waals surface area contributed by atoms with Crippen molar-refractivity contribution < 1.29 is 47.9 Å². The van der Waals surface area contributed by atoms with Crippen molar-refractivity contribution in [1.82, 2.24) is 52.4 Å². The summed E-state index contributed by atoms with van der Waals surface area (Å²) in [4.78, 5) is 146. The van der Waals surface area contributed by atoms with E-state index in [2.05, 4.69) is 52.5 Å². The van der Waals surface area contributed by atoms with Gasteiger partial charge in [-0.05, 0) is 74.8 Å². The molecule has 3 aromatic rings. The Morgan fingerprint density at radius 2 is 1.38 bits per heavy atom. The molecule has 0 saturated carbocycles. The summed E-state index contributed by atoms with van der Waals surface area (Å²) in [6.07, 6.45) is 3.43. The summed E-state index contributed by atoms with van der Waals surface area (Å²) >= 11 is 0. The van der Waals surface area contributed by atoms with Gasteiger partial charge >= 0.3 is 6.03 Å². The number of nitrogens with zero attached hydrogens (tertiary/aromatic N) is 2. The van der Waals surface area contributed by atoms with Gasteiger partial charge in [0.05, 0.1) is 6.54 Å². The number of rotatable bonds is 15. The highest BCUT2D eigenvalue weighted by molar-refractivity contribution is 6.06. The Kier molecular flexibility index (Phi) is 20.4. The molecule has 1 aromatic heterocycles. The molecule has 0 bridgehead atoms. The van der Waals surface area contributed by atoms with Crippen LogP contribution in [0.4, 0.5) is 4.79 Å². The minimum absolute atomic E-state index is 0.0238. The third-order valence-corrected chi connectivity index (χ3v) is 12.6. The topological polar surface area (TPSA) is 402 Å². The number of aromatic nitrogens is 1. The molecular formula is C49H67N15O10. The van der Waals surface area contributed by atoms with Crippen molar-refractivity contribution in [3.05, 3.63) is 84.2 Å². The Bertz CT molecular complexity index is 2580. The number of imide groups is 1. The van der Waals surface area contributed by atoms with Crippen LogP contribution in [0.25, 0.3) is 10.9 Å². The van der Waals surface area contributed by atoms with Gasteiger partial charge in [-0.1, -0.05) is 68.5 Å². The summed E-state index contributed by atoms with van der Waals surface area (Å²) in [6, 6.07) is 3.98. The van der Waals surface area contributed by atoms with E-state index in [0.717, 1.165) is 22.0 Å². The minimum Gasteiger partial charge on any atom is -0.405 e. The number of primary amides is 1. The van der Waals surface area contributed by atoms with Crippen LogP contribution in [0.15, 0.2) is 78.1 Å². The van der Waals surface area contributed by atoms with Crippen molar-refractivity contribution >= 4 is 76.1 Å². The Morgan fingerprint density at radius 3 is 2.03 bits per heavy atom. The number of aliphatic imine (C=N–C) groups is 1. The average Bonchev–Trinajstić information content (AvgIpc) is 3.93. The molecule has 0 radical (unpaired) electrons. The van der Waals surface area contributed by atoms with E-state index in [-0.39, 0.29) is 63.9 Å². The number of hydrogen-bond acceptors (Lipinski definition) is 12. The first-order valence-electron chi connectivity index (χ1n) is 24.3. The highest BCUT2D eigenvalue weighted by atomic mass is 16.2. The Labute approximate surface area is 426 Å². The maximum Gasteiger partial charge on any atom is 0.325 e. The number of aromatic amines is 1. The molecule has 2 aliphatic heterocycles. The molecule has 11 amide bonds. The lowest BCUT2D eigenvalue weighted by molar-refractivity contribution is -0.137. The van der Waals surface area contributed by atoms with Crippen molar-refractivity contribution in [1.29, 1.82) is 0 Å². The third kappa shape index (κ3) is 15.7. The highest BCUT2D eigenvalue weighted by Gasteiger charge is 2.41. The van der Waals surface area contributed by atoms with E-state index < -0.39 is 120 Å². The predicted octanol–water partition coefficient (Wildman–Crippen LogP) is -2.47. The van der Waals surface area contributed by atoms with Gasteiger partial charge in [0.25, 0.3) is 5.91 Å². The fraction of sp³-hybridized carbons (Fsp3) is 0.449. The predicted molar refractivity (Wildman–Crippen MR) is 271 cm³/mol. The second-order valence-electron chi connectivity index (χ2n) is 18.3. The van der Waals surface area contributed by atoms with Crippen molar-refractivity contribution in [2.24, 2.45) is 33.8 Å². The molecule has 2 fully saturated rings. The van der Waals surface area contributed by atoms with E-state index in [0.29, 0.717) is 11.1 Å². The highest BCUT2D eigenvalue weighted by Crippen LogP contribution is 2.21. The van der Waals surface area contributed by atoms with Crippen LogP contribution in [0.3, 0.4) is 0 Å². The third-order valence-electron chi connectivity index (χ3n) is 12.6. The fourth-order valence-corrected chi connectivity index (χ4v) is 8.62. The van der Waals surface area contributed by atoms with Crippen molar-refractivity contribution in [3.63, 3.8) is 0 Å². The summed E-state index contributed by atoms with van der Waals surface area (Å²) in [6.45, 7) is 4.18. The van der Waals surface area contributed by atoms with E-state index >= 15 is 0 Å². The number of carbonyl (C=O) groups excluding carboxylic acids is 10. The number of para-hydroxylation sites is 1. The Balaban J connectivity index is 1.55. The molecule has 0 spiro atoms. The molecule has 5 rings (SSSR count). The second kappa shape index (κ2) is 26.8. The summed E-state index contributed by atoms with van der Waals surface area (Å²) in [7, 11) is 0. The zero-order valence-corrected chi connectivity index (χ0v) is 41.5. The smallest absolute Gasteiger partial charge is 0.325 e. The van der Waals surface area contributed by atoms with Crippen LogP contribution in [0, 0.1) is 5.92 Å². The van der Waals surface area contributed by atoms with Gasteiger partial charge in [0.2, 0.25) is 47.3 Å². The number of nitrogens with two attached hydrogens (primary N) is 4. The Morgan fingerprint density at radius 1 is 0.757 bits per heavy atom.